The molecule has 1 aromatic rings. The van der Waals surface area contributed by atoms with E-state index in [0.29, 0.717) is 12.2 Å². The fourth-order valence-electron chi connectivity index (χ4n) is 3.01. The molecule has 1 aliphatic rings. The third-order valence-corrected chi connectivity index (χ3v) is 4.11. The number of rotatable bonds is 6. The Morgan fingerprint density at radius 1 is 0.913 bits per heavy atom. The Kier molecular flexibility index (Phi) is 6.20. The van der Waals surface area contributed by atoms with Gasteiger partial charge in [-0.25, -0.2) is 0 Å². The van der Waals surface area contributed by atoms with Crippen LogP contribution in [0.3, 0.4) is 0 Å². The van der Waals surface area contributed by atoms with Crippen LogP contribution in [0.25, 0.3) is 0 Å². The highest BCUT2D eigenvalue weighted by atomic mass is 16.6. The summed E-state index contributed by atoms with van der Waals surface area (Å²) in [5.41, 5.74) is 0.671. The monoisotopic (exact) mass is 328 g/mol. The molecule has 0 aliphatic carbocycles. The van der Waals surface area contributed by atoms with Crippen molar-refractivity contribution >= 4 is 0 Å². The molecular formula is C16H24O7. The van der Waals surface area contributed by atoms with Crippen molar-refractivity contribution in [1.82, 2.24) is 0 Å². The summed E-state index contributed by atoms with van der Waals surface area (Å²) in [6.07, 6.45) is -2.03. The summed E-state index contributed by atoms with van der Waals surface area (Å²) in [5.74, 6) is -0.405. The largest absolute Gasteiger partial charge is 0.504 e. The second-order valence-electron chi connectivity index (χ2n) is 5.40. The van der Waals surface area contributed by atoms with Gasteiger partial charge in [0.05, 0.1) is 6.61 Å². The molecule has 5 atom stereocenters. The standard InChI is InChI=1S/C16H24O7/c1-19-8-12-14(20-2)16(22-4)15(21-3)13(23-12)9-5-6-10(17)11(18)7-9/h5-7,12-18H,8H2,1-4H3/t12-,13+,14-,15+,16+/m1/s1. The Morgan fingerprint density at radius 2 is 1.57 bits per heavy atom. The van der Waals surface area contributed by atoms with Gasteiger partial charge in [-0.3, -0.25) is 0 Å². The topological polar surface area (TPSA) is 86.6 Å². The van der Waals surface area contributed by atoms with Gasteiger partial charge >= 0.3 is 0 Å². The summed E-state index contributed by atoms with van der Waals surface area (Å²) >= 11 is 0. The van der Waals surface area contributed by atoms with Gasteiger partial charge in [0.15, 0.2) is 11.5 Å². The van der Waals surface area contributed by atoms with E-state index in [4.69, 9.17) is 23.7 Å². The first-order valence-electron chi connectivity index (χ1n) is 7.32. The molecule has 7 heteroatoms. The SMILES string of the molecule is COC[C@H]1O[C@@H](c2ccc(O)c(O)c2)[C@H](OC)[C@@H](OC)[C@@H]1OC. The number of ether oxygens (including phenoxy) is 5. The van der Waals surface area contributed by atoms with Crippen molar-refractivity contribution in [3.8, 4) is 11.5 Å². The van der Waals surface area contributed by atoms with Crippen LogP contribution in [0.4, 0.5) is 0 Å². The van der Waals surface area contributed by atoms with Crippen molar-refractivity contribution < 1.29 is 33.9 Å². The molecule has 0 radical (unpaired) electrons. The summed E-state index contributed by atoms with van der Waals surface area (Å²) in [4.78, 5) is 0. The smallest absolute Gasteiger partial charge is 0.157 e. The molecule has 1 aliphatic heterocycles. The van der Waals surface area contributed by atoms with Gasteiger partial charge in [0.25, 0.3) is 0 Å². The summed E-state index contributed by atoms with van der Waals surface area (Å²) in [6, 6.07) is 4.54. The fraction of sp³-hybridized carbons (Fsp3) is 0.625. The minimum absolute atomic E-state index is 0.190. The van der Waals surface area contributed by atoms with Gasteiger partial charge < -0.3 is 33.9 Å². The van der Waals surface area contributed by atoms with Crippen LogP contribution < -0.4 is 0 Å². The van der Waals surface area contributed by atoms with Gasteiger partial charge in [-0.15, -0.1) is 0 Å². The molecule has 0 amide bonds. The molecule has 0 spiro atoms. The summed E-state index contributed by atoms with van der Waals surface area (Å²) in [5, 5.41) is 19.2. The third kappa shape index (κ3) is 3.59. The van der Waals surface area contributed by atoms with Crippen LogP contribution in [-0.4, -0.2) is 69.7 Å². The number of benzene rings is 1. The maximum Gasteiger partial charge on any atom is 0.157 e. The van der Waals surface area contributed by atoms with E-state index < -0.39 is 12.2 Å². The Morgan fingerprint density at radius 3 is 2.09 bits per heavy atom. The number of aromatic hydroxyl groups is 2. The second kappa shape index (κ2) is 7.94. The Balaban J connectivity index is 2.37. The molecule has 1 saturated heterocycles. The average Bonchev–Trinajstić information content (AvgIpc) is 2.56. The molecule has 7 nitrogen and oxygen atoms in total. The van der Waals surface area contributed by atoms with Gasteiger partial charge in [-0.1, -0.05) is 6.07 Å². The highest BCUT2D eigenvalue weighted by Gasteiger charge is 2.47. The third-order valence-electron chi connectivity index (χ3n) is 4.11. The van der Waals surface area contributed by atoms with E-state index in [-0.39, 0.29) is 29.8 Å². The quantitative estimate of drug-likeness (QED) is 0.760. The molecule has 1 aromatic carbocycles. The van der Waals surface area contributed by atoms with Crippen molar-refractivity contribution in [2.75, 3.05) is 35.0 Å². The first-order valence-corrected chi connectivity index (χ1v) is 7.32. The van der Waals surface area contributed by atoms with E-state index >= 15 is 0 Å². The summed E-state index contributed by atoms with van der Waals surface area (Å²) in [6.45, 7) is 0.329. The van der Waals surface area contributed by atoms with Crippen molar-refractivity contribution in [3.63, 3.8) is 0 Å². The van der Waals surface area contributed by atoms with Gasteiger partial charge in [-0.05, 0) is 17.7 Å². The van der Waals surface area contributed by atoms with Gasteiger partial charge in [-0.2, -0.15) is 0 Å². The lowest BCUT2D eigenvalue weighted by atomic mass is 9.90. The van der Waals surface area contributed by atoms with E-state index in [1.807, 2.05) is 0 Å². The van der Waals surface area contributed by atoms with Crippen LogP contribution in [0.1, 0.15) is 11.7 Å². The highest BCUT2D eigenvalue weighted by Crippen LogP contribution is 2.38. The zero-order valence-corrected chi connectivity index (χ0v) is 13.8. The van der Waals surface area contributed by atoms with Crippen LogP contribution in [0.15, 0.2) is 18.2 Å². The first-order chi connectivity index (χ1) is 11.1. The summed E-state index contributed by atoms with van der Waals surface area (Å²) in [7, 11) is 6.32. The molecule has 23 heavy (non-hydrogen) atoms. The molecule has 0 unspecified atom stereocenters. The maximum absolute atomic E-state index is 9.75. The molecule has 0 aromatic heterocycles. The van der Waals surface area contributed by atoms with Crippen LogP contribution in [0.2, 0.25) is 0 Å². The lowest BCUT2D eigenvalue weighted by molar-refractivity contribution is -0.252. The van der Waals surface area contributed by atoms with E-state index in [2.05, 4.69) is 0 Å². The van der Waals surface area contributed by atoms with Gasteiger partial charge in [0.1, 0.15) is 30.5 Å². The zero-order chi connectivity index (χ0) is 17.0. The Labute approximate surface area is 135 Å². The van der Waals surface area contributed by atoms with E-state index in [9.17, 15) is 10.2 Å². The predicted molar refractivity (Wildman–Crippen MR) is 81.7 cm³/mol. The van der Waals surface area contributed by atoms with E-state index in [1.54, 1.807) is 34.5 Å². The van der Waals surface area contributed by atoms with Crippen molar-refractivity contribution in [3.05, 3.63) is 23.8 Å². The second-order valence-corrected chi connectivity index (χ2v) is 5.40. The molecule has 2 rings (SSSR count). The molecule has 0 bridgehead atoms. The fourth-order valence-corrected chi connectivity index (χ4v) is 3.01. The molecule has 1 fully saturated rings. The molecule has 130 valence electrons. The van der Waals surface area contributed by atoms with Crippen molar-refractivity contribution in [2.45, 2.75) is 30.5 Å². The average molecular weight is 328 g/mol. The number of phenols is 2. The number of hydrogen-bond donors (Lipinski definition) is 2. The minimum atomic E-state index is -0.497. The Bertz CT molecular complexity index is 507. The van der Waals surface area contributed by atoms with E-state index in [1.165, 1.54) is 12.1 Å². The van der Waals surface area contributed by atoms with Gasteiger partial charge in [0, 0.05) is 28.4 Å². The molecule has 0 saturated carbocycles. The molecule has 2 N–H and O–H groups in total. The Hall–Kier alpha value is -1.38. The molecular weight excluding hydrogens is 304 g/mol. The number of methoxy groups -OCH3 is 4. The van der Waals surface area contributed by atoms with Crippen LogP contribution in [0.5, 0.6) is 11.5 Å². The zero-order valence-electron chi connectivity index (χ0n) is 13.8. The number of hydrogen-bond acceptors (Lipinski definition) is 7. The minimum Gasteiger partial charge on any atom is -0.504 e. The van der Waals surface area contributed by atoms with Crippen LogP contribution in [-0.2, 0) is 23.7 Å². The number of phenolic OH excluding ortho intramolecular Hbond substituents is 2. The normalized spacial score (nSPS) is 31.2. The lowest BCUT2D eigenvalue weighted by Crippen LogP contribution is -2.57. The van der Waals surface area contributed by atoms with Crippen LogP contribution >= 0.6 is 0 Å². The predicted octanol–water partition coefficient (Wildman–Crippen LogP) is 1.23. The molecule has 1 heterocycles. The maximum atomic E-state index is 9.75. The van der Waals surface area contributed by atoms with Crippen molar-refractivity contribution in [1.29, 1.82) is 0 Å². The summed E-state index contributed by atoms with van der Waals surface area (Å²) < 4.78 is 28.0. The highest BCUT2D eigenvalue weighted by molar-refractivity contribution is 5.41. The first kappa shape index (κ1) is 18.0. The lowest BCUT2D eigenvalue weighted by Gasteiger charge is -2.45. The van der Waals surface area contributed by atoms with E-state index in [0.717, 1.165) is 0 Å². The van der Waals surface area contributed by atoms with Crippen molar-refractivity contribution in [2.24, 2.45) is 0 Å². The van der Waals surface area contributed by atoms with Gasteiger partial charge in [0.2, 0.25) is 0 Å². The van der Waals surface area contributed by atoms with Crippen LogP contribution in [0, 0.1) is 0 Å².